The summed E-state index contributed by atoms with van der Waals surface area (Å²) in [5, 5.41) is 3.41. The highest BCUT2D eigenvalue weighted by atomic mass is 35.5. The van der Waals surface area contributed by atoms with Crippen molar-refractivity contribution in [2.75, 3.05) is 25.5 Å². The van der Waals surface area contributed by atoms with Gasteiger partial charge in [0.1, 0.15) is 0 Å². The number of hydrogen-bond donors (Lipinski definition) is 1. The fourth-order valence-corrected chi connectivity index (χ4v) is 3.24. The van der Waals surface area contributed by atoms with Gasteiger partial charge in [-0.05, 0) is 51.2 Å². The van der Waals surface area contributed by atoms with Gasteiger partial charge >= 0.3 is 0 Å². The largest absolute Gasteiger partial charge is 0.325 e. The second-order valence-electron chi connectivity index (χ2n) is 6.45. The van der Waals surface area contributed by atoms with Gasteiger partial charge in [-0.3, -0.25) is 9.59 Å². The lowest BCUT2D eigenvalue weighted by molar-refractivity contribution is -0.121. The standard InChI is InChI=1S/C20H21ClN2O2/c1-23-11-9-15(10-12-23)20(25)22-18-8-7-16(21)13-17(18)19(24)14-5-3-2-4-6-14/h2-8,13,15H,9-12H2,1H3,(H,22,25). The zero-order chi connectivity index (χ0) is 17.8. The van der Waals surface area contributed by atoms with Crippen LogP contribution in [0.4, 0.5) is 5.69 Å². The molecule has 1 saturated heterocycles. The maximum atomic E-state index is 12.8. The van der Waals surface area contributed by atoms with Crippen LogP contribution in [0.2, 0.25) is 5.02 Å². The molecule has 0 aromatic heterocycles. The van der Waals surface area contributed by atoms with Gasteiger partial charge in [0.2, 0.25) is 5.91 Å². The van der Waals surface area contributed by atoms with Crippen LogP contribution in [-0.4, -0.2) is 36.7 Å². The quantitative estimate of drug-likeness (QED) is 0.846. The molecule has 1 amide bonds. The molecule has 0 aliphatic carbocycles. The number of carbonyl (C=O) groups is 2. The highest BCUT2D eigenvalue weighted by Gasteiger charge is 2.24. The van der Waals surface area contributed by atoms with Crippen molar-refractivity contribution in [3.05, 3.63) is 64.7 Å². The number of nitrogens with one attached hydrogen (secondary N) is 1. The molecule has 25 heavy (non-hydrogen) atoms. The van der Waals surface area contributed by atoms with Crippen molar-refractivity contribution in [1.82, 2.24) is 4.90 Å². The predicted molar refractivity (Wildman–Crippen MR) is 100 cm³/mol. The number of rotatable bonds is 4. The minimum atomic E-state index is -0.151. The average Bonchev–Trinajstić information content (AvgIpc) is 2.64. The molecule has 4 nitrogen and oxygen atoms in total. The lowest BCUT2D eigenvalue weighted by atomic mass is 9.95. The first kappa shape index (κ1) is 17.6. The molecule has 1 fully saturated rings. The zero-order valence-corrected chi connectivity index (χ0v) is 14.9. The first-order valence-corrected chi connectivity index (χ1v) is 8.81. The molecule has 130 valence electrons. The maximum absolute atomic E-state index is 12.8. The molecule has 1 heterocycles. The molecule has 0 unspecified atom stereocenters. The highest BCUT2D eigenvalue weighted by molar-refractivity contribution is 6.31. The van der Waals surface area contributed by atoms with Gasteiger partial charge in [-0.25, -0.2) is 0 Å². The van der Waals surface area contributed by atoms with Gasteiger partial charge in [-0.15, -0.1) is 0 Å². The van der Waals surface area contributed by atoms with Gasteiger partial charge < -0.3 is 10.2 Å². The van der Waals surface area contributed by atoms with Gasteiger partial charge in [-0.2, -0.15) is 0 Å². The van der Waals surface area contributed by atoms with E-state index >= 15 is 0 Å². The van der Waals surface area contributed by atoms with Gasteiger partial charge in [0, 0.05) is 22.1 Å². The van der Waals surface area contributed by atoms with Crippen molar-refractivity contribution in [3.63, 3.8) is 0 Å². The number of halogens is 1. The maximum Gasteiger partial charge on any atom is 0.227 e. The number of likely N-dealkylation sites (tertiary alicyclic amines) is 1. The van der Waals surface area contributed by atoms with Crippen LogP contribution in [0.25, 0.3) is 0 Å². The van der Waals surface area contributed by atoms with Crippen LogP contribution in [0.3, 0.4) is 0 Å². The van der Waals surface area contributed by atoms with E-state index in [2.05, 4.69) is 17.3 Å². The van der Waals surface area contributed by atoms with Gasteiger partial charge in [0.05, 0.1) is 5.69 Å². The van der Waals surface area contributed by atoms with Crippen molar-refractivity contribution in [2.24, 2.45) is 5.92 Å². The van der Waals surface area contributed by atoms with Crippen molar-refractivity contribution in [3.8, 4) is 0 Å². The van der Waals surface area contributed by atoms with Crippen LogP contribution in [0, 0.1) is 5.92 Å². The molecule has 3 rings (SSSR count). The minimum absolute atomic E-state index is 0.0217. The Kier molecular flexibility index (Phi) is 5.51. The van der Waals surface area contributed by atoms with Gasteiger partial charge in [0.15, 0.2) is 5.78 Å². The lowest BCUT2D eigenvalue weighted by Crippen LogP contribution is -2.36. The number of hydrogen-bond acceptors (Lipinski definition) is 3. The molecule has 1 aliphatic rings. The Labute approximate surface area is 152 Å². The third-order valence-corrected chi connectivity index (χ3v) is 4.84. The highest BCUT2D eigenvalue weighted by Crippen LogP contribution is 2.25. The Morgan fingerprint density at radius 2 is 1.76 bits per heavy atom. The molecule has 1 N–H and O–H groups in total. The topological polar surface area (TPSA) is 49.4 Å². The average molecular weight is 357 g/mol. The summed E-state index contributed by atoms with van der Waals surface area (Å²) in [7, 11) is 2.06. The Hall–Kier alpha value is -2.17. The van der Waals surface area contributed by atoms with Gasteiger partial charge in [-0.1, -0.05) is 41.9 Å². The van der Waals surface area contributed by atoms with E-state index in [9.17, 15) is 9.59 Å². The molecule has 1 aliphatic heterocycles. The van der Waals surface area contributed by atoms with E-state index in [1.54, 1.807) is 30.3 Å². The van der Waals surface area contributed by atoms with E-state index in [0.717, 1.165) is 25.9 Å². The number of carbonyl (C=O) groups excluding carboxylic acids is 2. The molecule has 0 radical (unpaired) electrons. The smallest absolute Gasteiger partial charge is 0.227 e. The summed E-state index contributed by atoms with van der Waals surface area (Å²) in [5.74, 6) is -0.203. The number of benzene rings is 2. The minimum Gasteiger partial charge on any atom is -0.325 e. The van der Waals surface area contributed by atoms with E-state index in [1.165, 1.54) is 0 Å². The monoisotopic (exact) mass is 356 g/mol. The molecule has 0 atom stereocenters. The lowest BCUT2D eigenvalue weighted by Gasteiger charge is -2.28. The molecule has 0 saturated carbocycles. The SMILES string of the molecule is CN1CCC(C(=O)Nc2ccc(Cl)cc2C(=O)c2ccccc2)CC1. The number of anilines is 1. The summed E-state index contributed by atoms with van der Waals surface area (Å²) in [4.78, 5) is 27.6. The van der Waals surface area contributed by atoms with Crippen LogP contribution in [0.5, 0.6) is 0 Å². The van der Waals surface area contributed by atoms with Crippen molar-refractivity contribution in [2.45, 2.75) is 12.8 Å². The van der Waals surface area contributed by atoms with Crippen LogP contribution >= 0.6 is 11.6 Å². The molecule has 2 aromatic carbocycles. The molecule has 5 heteroatoms. The molecule has 0 bridgehead atoms. The Bertz CT molecular complexity index is 769. The van der Waals surface area contributed by atoms with Crippen LogP contribution in [0.1, 0.15) is 28.8 Å². The fraction of sp³-hybridized carbons (Fsp3) is 0.300. The molecule has 0 spiro atoms. The van der Waals surface area contributed by atoms with Crippen LogP contribution < -0.4 is 5.32 Å². The van der Waals surface area contributed by atoms with Crippen molar-refractivity contribution in [1.29, 1.82) is 0 Å². The van der Waals surface area contributed by atoms with E-state index in [1.807, 2.05) is 18.2 Å². The number of amides is 1. The summed E-state index contributed by atoms with van der Waals surface area (Å²) in [6.45, 7) is 1.82. The Morgan fingerprint density at radius 1 is 1.08 bits per heavy atom. The van der Waals surface area contributed by atoms with E-state index in [4.69, 9.17) is 11.6 Å². The van der Waals surface area contributed by atoms with Crippen molar-refractivity contribution >= 4 is 29.0 Å². The Balaban J connectivity index is 1.82. The van der Waals surface area contributed by atoms with E-state index in [-0.39, 0.29) is 17.6 Å². The normalized spacial score (nSPS) is 15.8. The first-order valence-electron chi connectivity index (χ1n) is 8.43. The summed E-state index contributed by atoms with van der Waals surface area (Å²) in [5.41, 5.74) is 1.50. The van der Waals surface area contributed by atoms with Crippen LogP contribution in [0.15, 0.2) is 48.5 Å². The van der Waals surface area contributed by atoms with Crippen LogP contribution in [-0.2, 0) is 4.79 Å². The summed E-state index contributed by atoms with van der Waals surface area (Å²) in [6.07, 6.45) is 1.66. The number of ketones is 1. The van der Waals surface area contributed by atoms with Gasteiger partial charge in [0.25, 0.3) is 0 Å². The predicted octanol–water partition coefficient (Wildman–Crippen LogP) is 3.85. The third kappa shape index (κ3) is 4.27. The molecular formula is C20H21ClN2O2. The fourth-order valence-electron chi connectivity index (χ4n) is 3.06. The van der Waals surface area contributed by atoms with E-state index in [0.29, 0.717) is 21.8 Å². The number of nitrogens with zero attached hydrogens (tertiary/aromatic N) is 1. The first-order chi connectivity index (χ1) is 12.0. The second-order valence-corrected chi connectivity index (χ2v) is 6.89. The van der Waals surface area contributed by atoms with E-state index < -0.39 is 0 Å². The summed E-state index contributed by atoms with van der Waals surface area (Å²) in [6, 6.07) is 14.0. The van der Waals surface area contributed by atoms with Crippen molar-refractivity contribution < 1.29 is 9.59 Å². The second kappa shape index (κ2) is 7.81. The zero-order valence-electron chi connectivity index (χ0n) is 14.2. The molecule has 2 aromatic rings. The summed E-state index contributed by atoms with van der Waals surface area (Å²) < 4.78 is 0. The third-order valence-electron chi connectivity index (χ3n) is 4.61. The number of piperidine rings is 1. The Morgan fingerprint density at radius 3 is 2.44 bits per heavy atom. The summed E-state index contributed by atoms with van der Waals surface area (Å²) >= 11 is 6.08. The molecular weight excluding hydrogens is 336 g/mol.